The Balaban J connectivity index is 1.72. The summed E-state index contributed by atoms with van der Waals surface area (Å²) in [7, 11) is -4.05. The van der Waals surface area contributed by atoms with Crippen LogP contribution < -0.4 is 14.8 Å². The molecule has 0 unspecified atom stereocenters. The van der Waals surface area contributed by atoms with E-state index in [0.29, 0.717) is 23.1 Å². The third kappa shape index (κ3) is 5.27. The van der Waals surface area contributed by atoms with Gasteiger partial charge in [-0.15, -0.1) is 0 Å². The Morgan fingerprint density at radius 3 is 2.69 bits per heavy atom. The maximum Gasteiger partial charge on any atom is 0.279 e. The van der Waals surface area contributed by atoms with Gasteiger partial charge in [0.15, 0.2) is 5.03 Å². The van der Waals surface area contributed by atoms with Crippen LogP contribution in [0.15, 0.2) is 59.8 Å². The number of nitrogens with zero attached hydrogens (tertiary/aromatic N) is 1. The highest BCUT2D eigenvalue weighted by Crippen LogP contribution is 2.20. The molecule has 0 atom stereocenters. The summed E-state index contributed by atoms with van der Waals surface area (Å²) in [6.07, 6.45) is 1.17. The van der Waals surface area contributed by atoms with Crippen LogP contribution in [0.4, 0.5) is 5.69 Å². The summed E-state index contributed by atoms with van der Waals surface area (Å²) < 4.78 is 33.1. The van der Waals surface area contributed by atoms with Gasteiger partial charge in [-0.25, -0.2) is 0 Å². The number of hydrogen-bond acceptors (Lipinski definition) is 5. The van der Waals surface area contributed by atoms with Crippen LogP contribution in [0, 0.1) is 0 Å². The van der Waals surface area contributed by atoms with Gasteiger partial charge in [-0.3, -0.25) is 14.6 Å². The maximum absolute atomic E-state index is 12.7. The number of rotatable bonds is 8. The molecule has 0 spiro atoms. The third-order valence-electron chi connectivity index (χ3n) is 3.88. The van der Waals surface area contributed by atoms with E-state index < -0.39 is 15.9 Å². The van der Waals surface area contributed by atoms with Crippen molar-refractivity contribution in [1.82, 2.24) is 15.5 Å². The molecule has 0 bridgehead atoms. The molecule has 3 aromatic rings. The largest absolute Gasteiger partial charge is 0.494 e. The Morgan fingerprint density at radius 1 is 1.21 bits per heavy atom. The highest BCUT2D eigenvalue weighted by atomic mass is 35.5. The molecule has 0 aliphatic heterocycles. The smallest absolute Gasteiger partial charge is 0.279 e. The number of anilines is 1. The van der Waals surface area contributed by atoms with Crippen LogP contribution in [-0.4, -0.2) is 31.1 Å². The first-order chi connectivity index (χ1) is 13.9. The van der Waals surface area contributed by atoms with Gasteiger partial charge in [0.2, 0.25) is 0 Å². The van der Waals surface area contributed by atoms with Gasteiger partial charge in [-0.05, 0) is 48.9 Å². The first kappa shape index (κ1) is 20.7. The Bertz CT molecular complexity index is 1100. The zero-order chi connectivity index (χ0) is 20.9. The molecule has 8 nitrogen and oxygen atoms in total. The normalized spacial score (nSPS) is 11.1. The predicted molar refractivity (Wildman–Crippen MR) is 110 cm³/mol. The van der Waals surface area contributed by atoms with Crippen molar-refractivity contribution in [2.24, 2.45) is 0 Å². The zero-order valence-electron chi connectivity index (χ0n) is 15.5. The lowest BCUT2D eigenvalue weighted by molar-refractivity contribution is 0.0947. The van der Waals surface area contributed by atoms with Gasteiger partial charge >= 0.3 is 0 Å². The van der Waals surface area contributed by atoms with E-state index in [1.165, 1.54) is 18.3 Å². The van der Waals surface area contributed by atoms with Crippen LogP contribution in [0.3, 0.4) is 0 Å². The summed E-state index contributed by atoms with van der Waals surface area (Å²) in [5, 5.41) is 8.93. The SMILES string of the molecule is CCOc1cccc(CNC(=O)c2cn[nH]c2S(=O)(=O)Nc2ccc(Cl)cc2)c1. The monoisotopic (exact) mass is 434 g/mol. The van der Waals surface area contributed by atoms with Gasteiger partial charge in [0.05, 0.1) is 18.4 Å². The average molecular weight is 435 g/mol. The lowest BCUT2D eigenvalue weighted by atomic mass is 10.2. The third-order valence-corrected chi connectivity index (χ3v) is 5.48. The maximum atomic E-state index is 12.7. The summed E-state index contributed by atoms with van der Waals surface area (Å²) in [4.78, 5) is 12.5. The Morgan fingerprint density at radius 2 is 1.97 bits per heavy atom. The second-order valence-corrected chi connectivity index (χ2v) is 8.04. The number of nitrogens with one attached hydrogen (secondary N) is 3. The van der Waals surface area contributed by atoms with Crippen molar-refractivity contribution in [3.05, 3.63) is 70.9 Å². The molecule has 10 heteroatoms. The molecule has 3 rings (SSSR count). The number of H-pyrrole nitrogens is 1. The van der Waals surface area contributed by atoms with Crippen molar-refractivity contribution in [2.45, 2.75) is 18.5 Å². The lowest BCUT2D eigenvalue weighted by Crippen LogP contribution is -2.25. The van der Waals surface area contributed by atoms with Gasteiger partial charge < -0.3 is 10.1 Å². The van der Waals surface area contributed by atoms with Crippen molar-refractivity contribution in [2.75, 3.05) is 11.3 Å². The number of sulfonamides is 1. The van der Waals surface area contributed by atoms with Gasteiger partial charge in [0.1, 0.15) is 5.75 Å². The van der Waals surface area contributed by atoms with E-state index in [1.807, 2.05) is 25.1 Å². The Labute approximate surface area is 173 Å². The number of hydrogen-bond donors (Lipinski definition) is 3. The van der Waals surface area contributed by atoms with Gasteiger partial charge in [-0.1, -0.05) is 23.7 Å². The van der Waals surface area contributed by atoms with Crippen molar-refractivity contribution < 1.29 is 17.9 Å². The first-order valence-corrected chi connectivity index (χ1v) is 10.6. The zero-order valence-corrected chi connectivity index (χ0v) is 17.0. The molecule has 1 heterocycles. The van der Waals surface area contributed by atoms with E-state index in [-0.39, 0.29) is 17.1 Å². The standard InChI is InChI=1S/C19H19ClN4O4S/c1-2-28-16-5-3-4-13(10-16)11-21-18(25)17-12-22-23-19(17)29(26,27)24-15-8-6-14(20)7-9-15/h3-10,12,24H,2,11H2,1H3,(H,21,25)(H,22,23). The average Bonchev–Trinajstić information content (AvgIpc) is 3.19. The van der Waals surface area contributed by atoms with Crippen molar-refractivity contribution in [3.63, 3.8) is 0 Å². The second-order valence-electron chi connectivity index (χ2n) is 5.99. The summed E-state index contributed by atoms with van der Waals surface area (Å²) >= 11 is 5.81. The van der Waals surface area contributed by atoms with Crippen molar-refractivity contribution in [1.29, 1.82) is 0 Å². The Kier molecular flexibility index (Phi) is 6.40. The van der Waals surface area contributed by atoms with Crippen LogP contribution >= 0.6 is 11.6 Å². The molecular formula is C19H19ClN4O4S. The second kappa shape index (κ2) is 8.97. The number of halogens is 1. The first-order valence-electron chi connectivity index (χ1n) is 8.70. The molecule has 0 aliphatic carbocycles. The quantitative estimate of drug-likeness (QED) is 0.504. The van der Waals surface area contributed by atoms with E-state index in [4.69, 9.17) is 16.3 Å². The highest BCUT2D eigenvalue weighted by molar-refractivity contribution is 7.92. The van der Waals surface area contributed by atoms with E-state index in [2.05, 4.69) is 20.2 Å². The van der Waals surface area contributed by atoms with Crippen LogP contribution in [0.5, 0.6) is 5.75 Å². The molecule has 3 N–H and O–H groups in total. The van der Waals surface area contributed by atoms with Crippen LogP contribution in [-0.2, 0) is 16.6 Å². The molecule has 0 radical (unpaired) electrons. The van der Waals surface area contributed by atoms with E-state index >= 15 is 0 Å². The number of aromatic nitrogens is 2. The summed E-state index contributed by atoms with van der Waals surface area (Å²) in [5.41, 5.74) is 1.03. The predicted octanol–water partition coefficient (Wildman–Crippen LogP) is 3.19. The van der Waals surface area contributed by atoms with Crippen LogP contribution in [0.1, 0.15) is 22.8 Å². The summed E-state index contributed by atoms with van der Waals surface area (Å²) in [5.74, 6) is 0.120. The molecule has 0 saturated heterocycles. The minimum atomic E-state index is -4.05. The molecule has 1 amide bonds. The molecule has 29 heavy (non-hydrogen) atoms. The van der Waals surface area contributed by atoms with E-state index in [0.717, 1.165) is 5.56 Å². The van der Waals surface area contributed by atoms with E-state index in [9.17, 15) is 13.2 Å². The minimum absolute atomic E-state index is 0.0903. The van der Waals surface area contributed by atoms with Crippen LogP contribution in [0.2, 0.25) is 5.02 Å². The molecule has 0 saturated carbocycles. The summed E-state index contributed by atoms with van der Waals surface area (Å²) in [6, 6.07) is 13.4. The number of carbonyl (C=O) groups excluding carboxylic acids is 1. The molecule has 0 fully saturated rings. The molecule has 152 valence electrons. The topological polar surface area (TPSA) is 113 Å². The molecule has 2 aromatic carbocycles. The molecular weight excluding hydrogens is 416 g/mol. The fourth-order valence-electron chi connectivity index (χ4n) is 2.55. The molecule has 0 aliphatic rings. The fourth-order valence-corrected chi connectivity index (χ4v) is 3.84. The fraction of sp³-hybridized carbons (Fsp3) is 0.158. The number of amides is 1. The van der Waals surface area contributed by atoms with Crippen molar-refractivity contribution in [3.8, 4) is 5.75 Å². The van der Waals surface area contributed by atoms with Crippen LogP contribution in [0.25, 0.3) is 0 Å². The summed E-state index contributed by atoms with van der Waals surface area (Å²) in [6.45, 7) is 2.62. The van der Waals surface area contributed by atoms with Gasteiger partial charge in [0.25, 0.3) is 15.9 Å². The molecule has 1 aromatic heterocycles. The Hall–Kier alpha value is -3.04. The number of aromatic amines is 1. The number of carbonyl (C=O) groups is 1. The van der Waals surface area contributed by atoms with Crippen molar-refractivity contribution >= 4 is 33.2 Å². The van der Waals surface area contributed by atoms with Gasteiger partial charge in [0, 0.05) is 17.3 Å². The lowest BCUT2D eigenvalue weighted by Gasteiger charge is -2.10. The number of benzene rings is 2. The highest BCUT2D eigenvalue weighted by Gasteiger charge is 2.25. The van der Waals surface area contributed by atoms with Gasteiger partial charge in [-0.2, -0.15) is 13.5 Å². The number of ether oxygens (including phenoxy) is 1. The van der Waals surface area contributed by atoms with E-state index in [1.54, 1.807) is 18.2 Å². The minimum Gasteiger partial charge on any atom is -0.494 e.